The van der Waals surface area contributed by atoms with E-state index >= 15 is 0 Å². The number of rotatable bonds is 6. The third-order valence-corrected chi connectivity index (χ3v) is 13.9. The molecule has 0 bridgehead atoms. The topological polar surface area (TPSA) is 3.24 Å². The molecule has 0 amide bonds. The third kappa shape index (κ3) is 5.57. The van der Waals surface area contributed by atoms with Gasteiger partial charge in [-0.25, -0.2) is 0 Å². The van der Waals surface area contributed by atoms with Gasteiger partial charge >= 0.3 is 0 Å². The third-order valence-electron chi connectivity index (χ3n) is 12.8. The van der Waals surface area contributed by atoms with Crippen LogP contribution in [-0.2, 0) is 5.41 Å². The van der Waals surface area contributed by atoms with Crippen LogP contribution in [0, 0.1) is 0 Å². The predicted molar refractivity (Wildman–Crippen MR) is 256 cm³/mol. The molecule has 1 aliphatic heterocycles. The minimum atomic E-state index is -0.470. The molecule has 0 saturated heterocycles. The van der Waals surface area contributed by atoms with Crippen LogP contribution in [-0.4, -0.2) is 0 Å². The summed E-state index contributed by atoms with van der Waals surface area (Å²) in [4.78, 5) is 5.08. The largest absolute Gasteiger partial charge is 0.310 e. The van der Waals surface area contributed by atoms with Gasteiger partial charge in [0.25, 0.3) is 0 Å². The van der Waals surface area contributed by atoms with E-state index in [1.54, 1.807) is 0 Å². The average Bonchev–Trinajstić information content (AvgIpc) is 3.62. The van der Waals surface area contributed by atoms with Crippen molar-refractivity contribution in [3.05, 3.63) is 259 Å². The molecule has 1 nitrogen and oxygen atoms in total. The number of benzene rings is 10. The Labute approximate surface area is 361 Å². The van der Waals surface area contributed by atoms with Gasteiger partial charge in [0.2, 0.25) is 0 Å². The van der Waals surface area contributed by atoms with Gasteiger partial charge in [-0.05, 0) is 114 Å². The maximum Gasteiger partial charge on any atom is 0.0736 e. The van der Waals surface area contributed by atoms with Crippen molar-refractivity contribution in [3.63, 3.8) is 0 Å². The van der Waals surface area contributed by atoms with E-state index in [4.69, 9.17) is 0 Å². The summed E-state index contributed by atoms with van der Waals surface area (Å²) in [5.41, 5.74) is 18.0. The highest BCUT2D eigenvalue weighted by Gasteiger charge is 2.50. The van der Waals surface area contributed by atoms with Crippen molar-refractivity contribution >= 4 is 39.6 Å². The van der Waals surface area contributed by atoms with Crippen molar-refractivity contribution in [2.75, 3.05) is 4.90 Å². The zero-order valence-corrected chi connectivity index (χ0v) is 34.2. The first-order valence-electron chi connectivity index (χ1n) is 21.0. The molecule has 0 fully saturated rings. The highest BCUT2D eigenvalue weighted by molar-refractivity contribution is 7.99. The summed E-state index contributed by atoms with van der Waals surface area (Å²) in [5, 5.41) is 2.50. The quantitative estimate of drug-likeness (QED) is 0.165. The number of nitrogens with zero attached hydrogens (tertiary/aromatic N) is 1. The van der Waals surface area contributed by atoms with Gasteiger partial charge in [0.15, 0.2) is 0 Å². The van der Waals surface area contributed by atoms with Gasteiger partial charge in [-0.15, -0.1) is 0 Å². The smallest absolute Gasteiger partial charge is 0.0736 e. The summed E-state index contributed by atoms with van der Waals surface area (Å²) in [7, 11) is 0. The lowest BCUT2D eigenvalue weighted by Gasteiger charge is -2.40. The van der Waals surface area contributed by atoms with Crippen LogP contribution >= 0.6 is 11.8 Å². The highest BCUT2D eigenvalue weighted by atomic mass is 32.2. The zero-order valence-electron chi connectivity index (χ0n) is 33.4. The molecule has 0 aromatic heterocycles. The Balaban J connectivity index is 1.07. The highest BCUT2D eigenvalue weighted by Crippen LogP contribution is 2.62. The maximum absolute atomic E-state index is 2.49. The van der Waals surface area contributed by atoms with Gasteiger partial charge in [0.1, 0.15) is 0 Å². The Hall–Kier alpha value is -7.39. The monoisotopic (exact) mass is 793 g/mol. The summed E-state index contributed by atoms with van der Waals surface area (Å²) < 4.78 is 0. The second kappa shape index (κ2) is 14.4. The first kappa shape index (κ1) is 35.5. The van der Waals surface area contributed by atoms with Gasteiger partial charge in [-0.1, -0.05) is 206 Å². The van der Waals surface area contributed by atoms with Crippen LogP contribution < -0.4 is 4.90 Å². The SMILES string of the molecule is c1ccc(-c2ccccc2N(c2ccc(-c3ccc(-c4ccccc4)c4ccccc34)cc2)c2ccc3c(c2)C2(c4ccccc4Sc4ccccc42)c2ccccc2-3)cc1. The fourth-order valence-corrected chi connectivity index (χ4v) is 11.3. The van der Waals surface area contributed by atoms with Crippen LogP contribution in [0.1, 0.15) is 22.3 Å². The van der Waals surface area contributed by atoms with Gasteiger partial charge in [-0.3, -0.25) is 0 Å². The molecule has 10 aromatic rings. The van der Waals surface area contributed by atoms with Gasteiger partial charge in [0, 0.05) is 26.7 Å². The Bertz CT molecular complexity index is 3230. The molecule has 1 spiro atoms. The molecule has 0 saturated carbocycles. The number of fused-ring (bicyclic) bond motifs is 10. The summed E-state index contributed by atoms with van der Waals surface area (Å²) >= 11 is 1.89. The van der Waals surface area contributed by atoms with Crippen LogP contribution in [0.3, 0.4) is 0 Å². The maximum atomic E-state index is 2.49. The van der Waals surface area contributed by atoms with E-state index in [9.17, 15) is 0 Å². The standard InChI is InChI=1S/C59H39NS/c1-3-17-40(18-4-1)45-37-38-46(49-23-8-7-22-48(45)49)42-31-33-43(34-32-42)60(56-28-14-10-21-47(56)41-19-5-2-6-20-41)44-35-36-51-50-24-9-11-25-52(50)59(55(51)39-44)53-26-12-15-29-57(53)61-58-30-16-13-27-54(58)59/h1-39H. The van der Waals surface area contributed by atoms with Crippen molar-refractivity contribution in [3.8, 4) is 44.5 Å². The fourth-order valence-electron chi connectivity index (χ4n) is 10.1. The molecular formula is C59H39NS. The van der Waals surface area contributed by atoms with E-state index in [1.165, 1.54) is 87.3 Å². The van der Waals surface area contributed by atoms with E-state index in [0.29, 0.717) is 0 Å². The zero-order chi connectivity index (χ0) is 40.3. The lowest BCUT2D eigenvalue weighted by molar-refractivity contribution is 0.722. The molecule has 12 rings (SSSR count). The minimum Gasteiger partial charge on any atom is -0.310 e. The van der Waals surface area contributed by atoms with Crippen molar-refractivity contribution in [2.24, 2.45) is 0 Å². The number of hydrogen-bond acceptors (Lipinski definition) is 2. The molecule has 10 aromatic carbocycles. The molecule has 286 valence electrons. The Morgan fingerprint density at radius 2 is 0.738 bits per heavy atom. The van der Waals surface area contributed by atoms with Crippen molar-refractivity contribution < 1.29 is 0 Å². The van der Waals surface area contributed by atoms with E-state index in [1.807, 2.05) is 11.8 Å². The van der Waals surface area contributed by atoms with Gasteiger partial charge < -0.3 is 4.90 Å². The van der Waals surface area contributed by atoms with Gasteiger partial charge in [0.05, 0.1) is 11.1 Å². The first-order valence-corrected chi connectivity index (χ1v) is 21.8. The second-order valence-corrected chi connectivity index (χ2v) is 17.0. The molecule has 2 heteroatoms. The van der Waals surface area contributed by atoms with E-state index < -0.39 is 5.41 Å². The van der Waals surface area contributed by atoms with E-state index in [0.717, 1.165) is 17.1 Å². The lowest BCUT2D eigenvalue weighted by atomic mass is 9.67. The van der Waals surface area contributed by atoms with Crippen LogP contribution in [0.25, 0.3) is 55.3 Å². The molecule has 61 heavy (non-hydrogen) atoms. The van der Waals surface area contributed by atoms with Crippen LogP contribution in [0.15, 0.2) is 246 Å². The number of anilines is 3. The minimum absolute atomic E-state index is 0.470. The molecule has 0 N–H and O–H groups in total. The molecule has 0 radical (unpaired) electrons. The van der Waals surface area contributed by atoms with Crippen LogP contribution in [0.2, 0.25) is 0 Å². The Morgan fingerprint density at radius 1 is 0.295 bits per heavy atom. The Morgan fingerprint density at radius 3 is 1.38 bits per heavy atom. The van der Waals surface area contributed by atoms with Crippen LogP contribution in [0.5, 0.6) is 0 Å². The fraction of sp³-hybridized carbons (Fsp3) is 0.0169. The molecule has 2 aliphatic rings. The summed E-state index contributed by atoms with van der Waals surface area (Å²) in [5.74, 6) is 0. The lowest BCUT2D eigenvalue weighted by Crippen LogP contribution is -2.32. The van der Waals surface area contributed by atoms with Gasteiger partial charge in [-0.2, -0.15) is 0 Å². The predicted octanol–water partition coefficient (Wildman–Crippen LogP) is 16.1. The van der Waals surface area contributed by atoms with Crippen molar-refractivity contribution in [1.29, 1.82) is 0 Å². The summed E-state index contributed by atoms with van der Waals surface area (Å²) in [6.07, 6.45) is 0. The van der Waals surface area contributed by atoms with Crippen molar-refractivity contribution in [2.45, 2.75) is 15.2 Å². The molecule has 1 heterocycles. The summed E-state index contributed by atoms with van der Waals surface area (Å²) in [6, 6.07) is 87.2. The Kier molecular flexibility index (Phi) is 8.40. The molecular weight excluding hydrogens is 755 g/mol. The first-order chi connectivity index (χ1) is 30.3. The normalized spacial score (nSPS) is 13.0. The van der Waals surface area contributed by atoms with Crippen molar-refractivity contribution in [1.82, 2.24) is 0 Å². The van der Waals surface area contributed by atoms with E-state index in [2.05, 4.69) is 241 Å². The van der Waals surface area contributed by atoms with E-state index in [-0.39, 0.29) is 0 Å². The number of hydrogen-bond donors (Lipinski definition) is 0. The van der Waals surface area contributed by atoms with Crippen LogP contribution in [0.4, 0.5) is 17.1 Å². The molecule has 1 aliphatic carbocycles. The second-order valence-electron chi connectivity index (χ2n) is 16.0. The molecule has 0 unspecified atom stereocenters. The summed E-state index contributed by atoms with van der Waals surface area (Å²) in [6.45, 7) is 0. The average molecular weight is 794 g/mol. The molecule has 0 atom stereocenters. The number of para-hydroxylation sites is 1.